The zero-order valence-corrected chi connectivity index (χ0v) is 12.4. The Morgan fingerprint density at radius 1 is 1.29 bits per heavy atom. The predicted molar refractivity (Wildman–Crippen MR) is 80.1 cm³/mol. The van der Waals surface area contributed by atoms with Crippen LogP contribution in [0.5, 0.6) is 0 Å². The van der Waals surface area contributed by atoms with Crippen LogP contribution in [-0.2, 0) is 11.3 Å². The minimum absolute atomic E-state index is 0.0678. The number of nitrogens with zero attached hydrogens (tertiary/aromatic N) is 3. The standard InChI is InChI=1S/C14H11BrN4O2/c15-10-5-3-9(4-6-10)13-17-14(21-18-13)11-2-1-7-19(11)8-12(16)20/h1-7H,8H2,(H2,16,20). The summed E-state index contributed by atoms with van der Waals surface area (Å²) in [6.45, 7) is 0.0678. The number of carbonyl (C=O) groups excluding carboxylic acids is 1. The Kier molecular flexibility index (Phi) is 3.57. The number of primary amides is 1. The van der Waals surface area contributed by atoms with Crippen molar-refractivity contribution in [3.8, 4) is 23.0 Å². The van der Waals surface area contributed by atoms with E-state index in [1.54, 1.807) is 22.9 Å². The summed E-state index contributed by atoms with van der Waals surface area (Å²) in [6.07, 6.45) is 1.74. The summed E-state index contributed by atoms with van der Waals surface area (Å²) in [5.41, 5.74) is 6.72. The molecule has 0 spiro atoms. The van der Waals surface area contributed by atoms with E-state index >= 15 is 0 Å². The van der Waals surface area contributed by atoms with Gasteiger partial charge >= 0.3 is 0 Å². The number of hydrogen-bond acceptors (Lipinski definition) is 4. The molecule has 2 aromatic heterocycles. The maximum Gasteiger partial charge on any atom is 0.274 e. The van der Waals surface area contributed by atoms with E-state index in [0.29, 0.717) is 17.4 Å². The molecule has 2 heterocycles. The van der Waals surface area contributed by atoms with Crippen molar-refractivity contribution < 1.29 is 9.32 Å². The second-order valence-corrected chi connectivity index (χ2v) is 5.33. The molecule has 0 bridgehead atoms. The second-order valence-electron chi connectivity index (χ2n) is 4.42. The van der Waals surface area contributed by atoms with Crippen molar-refractivity contribution in [2.75, 3.05) is 0 Å². The smallest absolute Gasteiger partial charge is 0.274 e. The topological polar surface area (TPSA) is 86.9 Å². The lowest BCUT2D eigenvalue weighted by Crippen LogP contribution is -2.18. The zero-order valence-electron chi connectivity index (χ0n) is 10.9. The van der Waals surface area contributed by atoms with Gasteiger partial charge in [0.1, 0.15) is 12.2 Å². The largest absolute Gasteiger partial charge is 0.368 e. The van der Waals surface area contributed by atoms with Crippen LogP contribution >= 0.6 is 15.9 Å². The Hall–Kier alpha value is -2.41. The second kappa shape index (κ2) is 5.53. The van der Waals surface area contributed by atoms with E-state index in [2.05, 4.69) is 26.1 Å². The molecule has 0 saturated heterocycles. The molecule has 0 aliphatic carbocycles. The van der Waals surface area contributed by atoms with Crippen molar-refractivity contribution in [2.45, 2.75) is 6.54 Å². The molecule has 0 fully saturated rings. The first-order chi connectivity index (χ1) is 10.1. The molecule has 1 amide bonds. The van der Waals surface area contributed by atoms with Crippen LogP contribution in [-0.4, -0.2) is 20.6 Å². The third kappa shape index (κ3) is 2.87. The highest BCUT2D eigenvalue weighted by Gasteiger charge is 2.14. The molecule has 0 aliphatic rings. The number of benzene rings is 1. The summed E-state index contributed by atoms with van der Waals surface area (Å²) in [5.74, 6) is 0.406. The molecular weight excluding hydrogens is 336 g/mol. The number of hydrogen-bond donors (Lipinski definition) is 1. The molecule has 0 aliphatic heterocycles. The first-order valence-corrected chi connectivity index (χ1v) is 6.96. The number of amides is 1. The van der Waals surface area contributed by atoms with Gasteiger partial charge in [-0.1, -0.05) is 21.1 Å². The van der Waals surface area contributed by atoms with Crippen LogP contribution in [0.1, 0.15) is 0 Å². The van der Waals surface area contributed by atoms with Crippen LogP contribution in [0, 0.1) is 0 Å². The average molecular weight is 347 g/mol. The van der Waals surface area contributed by atoms with Gasteiger partial charge in [-0.25, -0.2) is 0 Å². The highest BCUT2D eigenvalue weighted by molar-refractivity contribution is 9.10. The number of nitrogens with two attached hydrogens (primary N) is 1. The molecule has 6 nitrogen and oxygen atoms in total. The predicted octanol–water partition coefficient (Wildman–Crippen LogP) is 2.45. The van der Waals surface area contributed by atoms with E-state index in [1.807, 2.05) is 24.3 Å². The number of carbonyl (C=O) groups is 1. The van der Waals surface area contributed by atoms with E-state index < -0.39 is 5.91 Å². The quantitative estimate of drug-likeness (QED) is 0.785. The van der Waals surface area contributed by atoms with Gasteiger partial charge in [-0.2, -0.15) is 4.98 Å². The highest BCUT2D eigenvalue weighted by atomic mass is 79.9. The van der Waals surface area contributed by atoms with E-state index in [0.717, 1.165) is 10.0 Å². The fraction of sp³-hybridized carbons (Fsp3) is 0.0714. The van der Waals surface area contributed by atoms with Crippen LogP contribution in [0.15, 0.2) is 51.6 Å². The first-order valence-electron chi connectivity index (χ1n) is 6.17. The zero-order chi connectivity index (χ0) is 14.8. The summed E-state index contributed by atoms with van der Waals surface area (Å²) in [4.78, 5) is 15.4. The minimum Gasteiger partial charge on any atom is -0.368 e. The molecule has 106 valence electrons. The molecule has 7 heteroatoms. The van der Waals surface area contributed by atoms with E-state index in [9.17, 15) is 4.79 Å². The van der Waals surface area contributed by atoms with E-state index in [4.69, 9.17) is 10.3 Å². The normalized spacial score (nSPS) is 10.7. The number of halogens is 1. The van der Waals surface area contributed by atoms with Crippen molar-refractivity contribution in [1.29, 1.82) is 0 Å². The van der Waals surface area contributed by atoms with Gasteiger partial charge in [0.25, 0.3) is 5.89 Å². The Labute approximate surface area is 128 Å². The third-order valence-electron chi connectivity index (χ3n) is 2.90. The van der Waals surface area contributed by atoms with Crippen molar-refractivity contribution in [3.05, 3.63) is 47.1 Å². The Bertz CT molecular complexity index is 776. The summed E-state index contributed by atoms with van der Waals surface area (Å²) < 4.78 is 7.92. The molecule has 3 rings (SSSR count). The van der Waals surface area contributed by atoms with Gasteiger partial charge in [0.15, 0.2) is 0 Å². The van der Waals surface area contributed by atoms with Crippen molar-refractivity contribution in [2.24, 2.45) is 5.73 Å². The fourth-order valence-corrected chi connectivity index (χ4v) is 2.22. The fourth-order valence-electron chi connectivity index (χ4n) is 1.96. The average Bonchev–Trinajstić information content (AvgIpc) is 3.07. The van der Waals surface area contributed by atoms with Crippen LogP contribution < -0.4 is 5.73 Å². The lowest BCUT2D eigenvalue weighted by Gasteiger charge is -2.02. The van der Waals surface area contributed by atoms with Crippen molar-refractivity contribution >= 4 is 21.8 Å². The molecule has 1 aromatic carbocycles. The Morgan fingerprint density at radius 2 is 2.05 bits per heavy atom. The van der Waals surface area contributed by atoms with Gasteiger partial charge in [0, 0.05) is 16.2 Å². The summed E-state index contributed by atoms with van der Waals surface area (Å²) >= 11 is 3.38. The molecule has 21 heavy (non-hydrogen) atoms. The van der Waals surface area contributed by atoms with Gasteiger partial charge < -0.3 is 14.8 Å². The Morgan fingerprint density at radius 3 is 2.76 bits per heavy atom. The summed E-state index contributed by atoms with van der Waals surface area (Å²) in [6, 6.07) is 11.2. The lowest BCUT2D eigenvalue weighted by molar-refractivity contribution is -0.118. The SMILES string of the molecule is NC(=O)Cn1cccc1-c1nc(-c2ccc(Br)cc2)no1. The molecule has 0 radical (unpaired) electrons. The molecule has 0 saturated carbocycles. The first kappa shape index (κ1) is 13.6. The molecule has 2 N–H and O–H groups in total. The molecule has 0 atom stereocenters. The molecular formula is C14H11BrN4O2. The third-order valence-corrected chi connectivity index (χ3v) is 3.43. The maximum atomic E-state index is 11.0. The van der Waals surface area contributed by atoms with Crippen LogP contribution in [0.4, 0.5) is 0 Å². The maximum absolute atomic E-state index is 11.0. The van der Waals surface area contributed by atoms with Gasteiger partial charge in [0.05, 0.1) is 0 Å². The van der Waals surface area contributed by atoms with Crippen molar-refractivity contribution in [3.63, 3.8) is 0 Å². The van der Waals surface area contributed by atoms with E-state index in [1.165, 1.54) is 0 Å². The van der Waals surface area contributed by atoms with Crippen molar-refractivity contribution in [1.82, 2.24) is 14.7 Å². The number of aromatic nitrogens is 3. The Balaban J connectivity index is 1.93. The van der Waals surface area contributed by atoms with Crippen LogP contribution in [0.25, 0.3) is 23.0 Å². The van der Waals surface area contributed by atoms with Gasteiger partial charge in [0.2, 0.25) is 11.7 Å². The highest BCUT2D eigenvalue weighted by Crippen LogP contribution is 2.23. The minimum atomic E-state index is -0.430. The van der Waals surface area contributed by atoms with Crippen LogP contribution in [0.3, 0.4) is 0 Å². The number of rotatable bonds is 4. The molecule has 0 unspecified atom stereocenters. The van der Waals surface area contributed by atoms with Gasteiger partial charge in [-0.05, 0) is 36.4 Å². The summed E-state index contributed by atoms with van der Waals surface area (Å²) in [5, 5.41) is 3.96. The summed E-state index contributed by atoms with van der Waals surface area (Å²) in [7, 11) is 0. The monoisotopic (exact) mass is 346 g/mol. The van der Waals surface area contributed by atoms with Crippen LogP contribution in [0.2, 0.25) is 0 Å². The van der Waals surface area contributed by atoms with Gasteiger partial charge in [-0.15, -0.1) is 0 Å². The van der Waals surface area contributed by atoms with E-state index in [-0.39, 0.29) is 6.54 Å². The molecule has 3 aromatic rings. The van der Waals surface area contributed by atoms with Gasteiger partial charge in [-0.3, -0.25) is 4.79 Å². The lowest BCUT2D eigenvalue weighted by atomic mass is 10.2.